The van der Waals surface area contributed by atoms with E-state index in [9.17, 15) is 14.9 Å². The third-order valence-electron chi connectivity index (χ3n) is 4.28. The molecule has 1 aliphatic rings. The molecule has 0 aliphatic heterocycles. The monoisotopic (exact) mass is 344 g/mol. The van der Waals surface area contributed by atoms with Gasteiger partial charge < -0.3 is 5.32 Å². The van der Waals surface area contributed by atoms with E-state index in [2.05, 4.69) is 5.32 Å². The predicted octanol–water partition coefficient (Wildman–Crippen LogP) is 4.44. The number of carbonyl (C=O) groups excluding carboxylic acids is 1. The number of halogens is 1. The van der Waals surface area contributed by atoms with Gasteiger partial charge in [0.1, 0.15) is 0 Å². The highest BCUT2D eigenvalue weighted by Gasteiger charge is 2.33. The Morgan fingerprint density at radius 2 is 1.92 bits per heavy atom. The SMILES string of the molecule is Cc1ccc(C(=O)NC(c2ccc(Cl)cc2)C2CC2)cc1[N+](=O)[O-]. The Bertz CT molecular complexity index is 785. The largest absolute Gasteiger partial charge is 0.345 e. The van der Waals surface area contributed by atoms with Crippen molar-refractivity contribution in [3.05, 3.63) is 74.3 Å². The number of rotatable bonds is 5. The summed E-state index contributed by atoms with van der Waals surface area (Å²) in [5.74, 6) is 0.0977. The van der Waals surface area contributed by atoms with Crippen molar-refractivity contribution < 1.29 is 9.72 Å². The first-order valence-electron chi connectivity index (χ1n) is 7.77. The standard InChI is InChI=1S/C18H17ClN2O3/c1-11-2-3-14(10-16(11)21(23)24)18(22)20-17(12-4-5-12)13-6-8-15(19)9-7-13/h2-3,6-10,12,17H,4-5H2,1H3,(H,20,22). The summed E-state index contributed by atoms with van der Waals surface area (Å²) in [7, 11) is 0. The van der Waals surface area contributed by atoms with Gasteiger partial charge in [0, 0.05) is 22.2 Å². The van der Waals surface area contributed by atoms with Crippen molar-refractivity contribution in [2.45, 2.75) is 25.8 Å². The van der Waals surface area contributed by atoms with Gasteiger partial charge in [0.2, 0.25) is 0 Å². The van der Waals surface area contributed by atoms with Crippen LogP contribution in [0, 0.1) is 23.0 Å². The number of nitrogens with one attached hydrogen (secondary N) is 1. The van der Waals surface area contributed by atoms with Crippen LogP contribution in [-0.2, 0) is 0 Å². The maximum Gasteiger partial charge on any atom is 0.273 e. The summed E-state index contributed by atoms with van der Waals surface area (Å²) in [6.07, 6.45) is 2.11. The molecule has 5 nitrogen and oxygen atoms in total. The van der Waals surface area contributed by atoms with Gasteiger partial charge in [-0.3, -0.25) is 14.9 Å². The molecule has 24 heavy (non-hydrogen) atoms. The van der Waals surface area contributed by atoms with E-state index in [1.54, 1.807) is 31.2 Å². The average molecular weight is 345 g/mol. The van der Waals surface area contributed by atoms with Gasteiger partial charge in [-0.05, 0) is 49.4 Å². The van der Waals surface area contributed by atoms with Crippen LogP contribution in [0.4, 0.5) is 5.69 Å². The summed E-state index contributed by atoms with van der Waals surface area (Å²) in [6, 6.07) is 11.9. The van der Waals surface area contributed by atoms with Crippen molar-refractivity contribution in [2.75, 3.05) is 0 Å². The fraction of sp³-hybridized carbons (Fsp3) is 0.278. The number of nitro benzene ring substituents is 1. The first-order chi connectivity index (χ1) is 11.5. The minimum absolute atomic E-state index is 0.0443. The minimum Gasteiger partial charge on any atom is -0.345 e. The van der Waals surface area contributed by atoms with Gasteiger partial charge >= 0.3 is 0 Å². The predicted molar refractivity (Wildman–Crippen MR) is 92.2 cm³/mol. The quantitative estimate of drug-likeness (QED) is 0.643. The molecule has 1 saturated carbocycles. The van der Waals surface area contributed by atoms with Crippen molar-refractivity contribution in [1.29, 1.82) is 0 Å². The van der Waals surface area contributed by atoms with Crippen LogP contribution in [0.1, 0.15) is 40.4 Å². The van der Waals surface area contributed by atoms with Crippen LogP contribution < -0.4 is 5.32 Å². The molecule has 0 radical (unpaired) electrons. The minimum atomic E-state index is -0.469. The van der Waals surface area contributed by atoms with Gasteiger partial charge in [-0.25, -0.2) is 0 Å². The molecule has 3 rings (SSSR count). The zero-order valence-corrected chi connectivity index (χ0v) is 13.9. The smallest absolute Gasteiger partial charge is 0.273 e. The first-order valence-corrected chi connectivity index (χ1v) is 8.15. The van der Waals surface area contributed by atoms with E-state index >= 15 is 0 Å². The van der Waals surface area contributed by atoms with Crippen molar-refractivity contribution in [3.63, 3.8) is 0 Å². The second-order valence-corrected chi connectivity index (χ2v) is 6.53. The summed E-state index contributed by atoms with van der Waals surface area (Å²) in [5.41, 5.74) is 1.79. The van der Waals surface area contributed by atoms with Crippen molar-refractivity contribution in [1.82, 2.24) is 5.32 Å². The van der Waals surface area contributed by atoms with E-state index < -0.39 is 4.92 Å². The molecule has 1 N–H and O–H groups in total. The number of amides is 1. The Morgan fingerprint density at radius 3 is 2.50 bits per heavy atom. The van der Waals surface area contributed by atoms with Crippen LogP contribution in [0.2, 0.25) is 5.02 Å². The van der Waals surface area contributed by atoms with Gasteiger partial charge in [-0.15, -0.1) is 0 Å². The van der Waals surface area contributed by atoms with Crippen molar-refractivity contribution >= 4 is 23.2 Å². The number of nitro groups is 1. The topological polar surface area (TPSA) is 72.2 Å². The van der Waals surface area contributed by atoms with Crippen LogP contribution in [0.25, 0.3) is 0 Å². The number of aryl methyl sites for hydroxylation is 1. The lowest BCUT2D eigenvalue weighted by Gasteiger charge is -2.19. The molecule has 1 unspecified atom stereocenters. The van der Waals surface area contributed by atoms with E-state index in [1.165, 1.54) is 6.07 Å². The van der Waals surface area contributed by atoms with Crippen LogP contribution in [-0.4, -0.2) is 10.8 Å². The Hall–Kier alpha value is -2.40. The van der Waals surface area contributed by atoms with Crippen molar-refractivity contribution in [3.8, 4) is 0 Å². The highest BCUT2D eigenvalue weighted by molar-refractivity contribution is 6.30. The number of hydrogen-bond donors (Lipinski definition) is 1. The third kappa shape index (κ3) is 3.57. The first kappa shape index (κ1) is 16.5. The van der Waals surface area contributed by atoms with Gasteiger partial charge in [0.05, 0.1) is 11.0 Å². The second kappa shape index (κ2) is 6.61. The molecule has 0 saturated heterocycles. The summed E-state index contributed by atoms with van der Waals surface area (Å²) in [5, 5.41) is 14.7. The number of hydrogen-bond acceptors (Lipinski definition) is 3. The molecule has 1 aliphatic carbocycles. The van der Waals surface area contributed by atoms with Crippen LogP contribution in [0.3, 0.4) is 0 Å². The lowest BCUT2D eigenvalue weighted by molar-refractivity contribution is -0.385. The molecule has 0 aromatic heterocycles. The molecule has 0 heterocycles. The van der Waals surface area contributed by atoms with Crippen LogP contribution in [0.15, 0.2) is 42.5 Å². The Labute approximate surface area is 144 Å². The summed E-state index contributed by atoms with van der Waals surface area (Å²) in [6.45, 7) is 1.65. The van der Waals surface area contributed by atoms with Crippen molar-refractivity contribution in [2.24, 2.45) is 5.92 Å². The molecule has 2 aromatic rings. The molecule has 0 bridgehead atoms. The van der Waals surface area contributed by atoms with E-state index in [1.807, 2.05) is 12.1 Å². The van der Waals surface area contributed by atoms with Gasteiger partial charge in [-0.1, -0.05) is 29.8 Å². The number of carbonyl (C=O) groups is 1. The van der Waals surface area contributed by atoms with Gasteiger partial charge in [0.25, 0.3) is 11.6 Å². The summed E-state index contributed by atoms with van der Waals surface area (Å²) < 4.78 is 0. The molecule has 1 atom stereocenters. The average Bonchev–Trinajstić information content (AvgIpc) is 3.38. The lowest BCUT2D eigenvalue weighted by Crippen LogP contribution is -2.30. The fourth-order valence-corrected chi connectivity index (χ4v) is 2.87. The zero-order valence-electron chi connectivity index (χ0n) is 13.2. The molecule has 0 spiro atoms. The highest BCUT2D eigenvalue weighted by atomic mass is 35.5. The highest BCUT2D eigenvalue weighted by Crippen LogP contribution is 2.41. The molecule has 124 valence electrons. The summed E-state index contributed by atoms with van der Waals surface area (Å²) >= 11 is 5.92. The lowest BCUT2D eigenvalue weighted by atomic mass is 10.0. The number of nitrogens with zero attached hydrogens (tertiary/aromatic N) is 1. The van der Waals surface area contributed by atoms with E-state index in [-0.39, 0.29) is 17.6 Å². The van der Waals surface area contributed by atoms with Crippen LogP contribution in [0.5, 0.6) is 0 Å². The Balaban J connectivity index is 1.83. The maximum atomic E-state index is 12.6. The Morgan fingerprint density at radius 1 is 1.25 bits per heavy atom. The normalized spacial score (nSPS) is 14.9. The van der Waals surface area contributed by atoms with Gasteiger partial charge in [0.15, 0.2) is 0 Å². The fourth-order valence-electron chi connectivity index (χ4n) is 2.74. The van der Waals surface area contributed by atoms with E-state index in [4.69, 9.17) is 11.6 Å². The molecular formula is C18H17ClN2O3. The zero-order chi connectivity index (χ0) is 17.3. The molecule has 6 heteroatoms. The summed E-state index contributed by atoms with van der Waals surface area (Å²) in [4.78, 5) is 23.1. The molecule has 2 aromatic carbocycles. The number of benzene rings is 2. The van der Waals surface area contributed by atoms with E-state index in [0.29, 0.717) is 22.1 Å². The molecular weight excluding hydrogens is 328 g/mol. The van der Waals surface area contributed by atoms with Crippen LogP contribution >= 0.6 is 11.6 Å². The molecule has 1 fully saturated rings. The van der Waals surface area contributed by atoms with Gasteiger partial charge in [-0.2, -0.15) is 0 Å². The third-order valence-corrected chi connectivity index (χ3v) is 4.53. The second-order valence-electron chi connectivity index (χ2n) is 6.10. The molecule has 1 amide bonds. The maximum absolute atomic E-state index is 12.6. The van der Waals surface area contributed by atoms with E-state index in [0.717, 1.165) is 18.4 Å². The Kier molecular flexibility index (Phi) is 4.53.